The summed E-state index contributed by atoms with van der Waals surface area (Å²) in [6, 6.07) is 20.3. The minimum absolute atomic E-state index is 0.0854. The average molecular weight is 508 g/mol. The number of sulfonamides is 1. The first-order valence-electron chi connectivity index (χ1n) is 11.8. The van der Waals surface area contributed by atoms with Crippen LogP contribution in [-0.2, 0) is 26.2 Å². The lowest BCUT2D eigenvalue weighted by Gasteiger charge is -2.32. The summed E-state index contributed by atoms with van der Waals surface area (Å²) in [5, 5.41) is 2.59. The number of aryl methyl sites for hydroxylation is 3. The number of amides is 2. The van der Waals surface area contributed by atoms with E-state index in [0.717, 1.165) is 26.6 Å². The summed E-state index contributed by atoms with van der Waals surface area (Å²) in [6.07, 6.45) is 0. The molecule has 0 heterocycles. The van der Waals surface area contributed by atoms with Crippen molar-refractivity contribution < 1.29 is 18.0 Å². The van der Waals surface area contributed by atoms with Crippen molar-refractivity contribution in [2.24, 2.45) is 0 Å². The second-order valence-corrected chi connectivity index (χ2v) is 10.8. The molecule has 7 nitrogen and oxygen atoms in total. The van der Waals surface area contributed by atoms with Crippen LogP contribution >= 0.6 is 0 Å². The Morgan fingerprint density at radius 3 is 2.08 bits per heavy atom. The van der Waals surface area contributed by atoms with Gasteiger partial charge in [0.1, 0.15) is 12.6 Å². The first kappa shape index (κ1) is 26.9. The highest BCUT2D eigenvalue weighted by molar-refractivity contribution is 7.92. The van der Waals surface area contributed by atoms with Crippen molar-refractivity contribution in [3.63, 3.8) is 0 Å². The molecule has 1 unspecified atom stereocenters. The lowest BCUT2D eigenvalue weighted by molar-refractivity contribution is -0.139. The van der Waals surface area contributed by atoms with Crippen LogP contribution in [0.15, 0.2) is 77.7 Å². The van der Waals surface area contributed by atoms with E-state index in [1.807, 2.05) is 57.2 Å². The van der Waals surface area contributed by atoms with E-state index < -0.39 is 28.5 Å². The fraction of sp³-hybridized carbons (Fsp3) is 0.286. The minimum atomic E-state index is -4.06. The molecular formula is C28H33N3O4S. The van der Waals surface area contributed by atoms with Gasteiger partial charge < -0.3 is 10.2 Å². The van der Waals surface area contributed by atoms with Gasteiger partial charge in [-0.05, 0) is 57.0 Å². The Labute approximate surface area is 213 Å². The van der Waals surface area contributed by atoms with Crippen molar-refractivity contribution >= 4 is 27.5 Å². The summed E-state index contributed by atoms with van der Waals surface area (Å²) >= 11 is 0. The van der Waals surface area contributed by atoms with Gasteiger partial charge in [-0.15, -0.1) is 0 Å². The van der Waals surface area contributed by atoms with E-state index >= 15 is 0 Å². The highest BCUT2D eigenvalue weighted by Gasteiger charge is 2.32. The molecule has 0 fully saturated rings. The molecule has 0 aliphatic heterocycles. The van der Waals surface area contributed by atoms with Gasteiger partial charge in [0.05, 0.1) is 10.6 Å². The van der Waals surface area contributed by atoms with Crippen LogP contribution in [0.2, 0.25) is 0 Å². The van der Waals surface area contributed by atoms with Crippen LogP contribution in [0.5, 0.6) is 0 Å². The molecule has 36 heavy (non-hydrogen) atoms. The van der Waals surface area contributed by atoms with Gasteiger partial charge in [-0.1, -0.05) is 65.7 Å². The number of hydrogen-bond donors (Lipinski definition) is 1. The predicted molar refractivity (Wildman–Crippen MR) is 142 cm³/mol. The van der Waals surface area contributed by atoms with E-state index in [4.69, 9.17) is 0 Å². The number of nitrogens with one attached hydrogen (secondary N) is 1. The zero-order valence-electron chi connectivity index (χ0n) is 21.4. The quantitative estimate of drug-likeness (QED) is 0.475. The van der Waals surface area contributed by atoms with Crippen LogP contribution in [0.25, 0.3) is 0 Å². The number of carbonyl (C=O) groups is 2. The fourth-order valence-corrected chi connectivity index (χ4v) is 5.50. The SMILES string of the molecule is CNC(=O)C(C)N(Cc1ccc(C)cc1)C(=O)CN(c1ccc(C)cc1C)S(=O)(=O)c1ccccc1. The largest absolute Gasteiger partial charge is 0.357 e. The molecule has 3 aromatic rings. The summed E-state index contributed by atoms with van der Waals surface area (Å²) in [7, 11) is -2.55. The van der Waals surface area contributed by atoms with E-state index in [0.29, 0.717) is 5.69 Å². The molecule has 0 aliphatic rings. The normalized spacial score (nSPS) is 12.0. The second-order valence-electron chi connectivity index (χ2n) is 8.91. The highest BCUT2D eigenvalue weighted by atomic mass is 32.2. The van der Waals surface area contributed by atoms with E-state index in [1.54, 1.807) is 31.2 Å². The summed E-state index contributed by atoms with van der Waals surface area (Å²) in [5.74, 6) is -0.814. The molecule has 190 valence electrons. The Hall–Kier alpha value is -3.65. The maximum atomic E-state index is 13.8. The van der Waals surface area contributed by atoms with Gasteiger partial charge in [0.2, 0.25) is 11.8 Å². The molecule has 0 aromatic heterocycles. The van der Waals surface area contributed by atoms with Crippen molar-refractivity contribution in [1.29, 1.82) is 0 Å². The lowest BCUT2D eigenvalue weighted by atomic mass is 10.1. The van der Waals surface area contributed by atoms with E-state index in [-0.39, 0.29) is 17.3 Å². The third-order valence-corrected chi connectivity index (χ3v) is 7.89. The van der Waals surface area contributed by atoms with Gasteiger partial charge in [-0.25, -0.2) is 8.42 Å². The Bertz CT molecular complexity index is 1320. The van der Waals surface area contributed by atoms with Crippen molar-refractivity contribution in [3.8, 4) is 0 Å². The van der Waals surface area contributed by atoms with Crippen LogP contribution in [0.3, 0.4) is 0 Å². The van der Waals surface area contributed by atoms with Crippen LogP contribution in [0, 0.1) is 20.8 Å². The molecule has 8 heteroatoms. The lowest BCUT2D eigenvalue weighted by Crippen LogP contribution is -2.50. The Morgan fingerprint density at radius 1 is 0.889 bits per heavy atom. The van der Waals surface area contributed by atoms with Crippen molar-refractivity contribution in [2.45, 2.75) is 45.2 Å². The second kappa shape index (κ2) is 11.4. The minimum Gasteiger partial charge on any atom is -0.357 e. The number of benzene rings is 3. The molecule has 2 amide bonds. The number of carbonyl (C=O) groups excluding carboxylic acids is 2. The Balaban J connectivity index is 2.05. The third kappa shape index (κ3) is 6.12. The van der Waals surface area contributed by atoms with E-state index in [1.165, 1.54) is 24.1 Å². The van der Waals surface area contributed by atoms with Crippen LogP contribution in [0.1, 0.15) is 29.2 Å². The maximum absolute atomic E-state index is 13.8. The molecule has 0 aliphatic carbocycles. The maximum Gasteiger partial charge on any atom is 0.264 e. The first-order valence-corrected chi connectivity index (χ1v) is 13.2. The van der Waals surface area contributed by atoms with E-state index in [9.17, 15) is 18.0 Å². The molecule has 0 saturated heterocycles. The van der Waals surface area contributed by atoms with Crippen LogP contribution in [0.4, 0.5) is 5.69 Å². The average Bonchev–Trinajstić information content (AvgIpc) is 2.86. The molecule has 0 spiro atoms. The van der Waals surface area contributed by atoms with Gasteiger partial charge in [0.15, 0.2) is 0 Å². The Morgan fingerprint density at radius 2 is 1.50 bits per heavy atom. The molecule has 3 rings (SSSR count). The van der Waals surface area contributed by atoms with Crippen LogP contribution in [-0.4, -0.2) is 44.8 Å². The van der Waals surface area contributed by atoms with Gasteiger partial charge >= 0.3 is 0 Å². The zero-order valence-corrected chi connectivity index (χ0v) is 22.2. The number of rotatable bonds is 9. The highest BCUT2D eigenvalue weighted by Crippen LogP contribution is 2.28. The summed E-state index contributed by atoms with van der Waals surface area (Å²) in [6.45, 7) is 7.06. The van der Waals surface area contributed by atoms with Crippen molar-refractivity contribution in [3.05, 3.63) is 95.1 Å². The number of nitrogens with zero attached hydrogens (tertiary/aromatic N) is 2. The molecule has 0 radical (unpaired) electrons. The number of anilines is 1. The van der Waals surface area contributed by atoms with Crippen molar-refractivity contribution in [2.75, 3.05) is 17.9 Å². The smallest absolute Gasteiger partial charge is 0.264 e. The monoisotopic (exact) mass is 507 g/mol. The first-order chi connectivity index (χ1) is 17.0. The molecule has 1 atom stereocenters. The molecule has 1 N–H and O–H groups in total. The number of hydrogen-bond acceptors (Lipinski definition) is 4. The van der Waals surface area contributed by atoms with E-state index in [2.05, 4.69) is 5.32 Å². The third-order valence-electron chi connectivity index (χ3n) is 6.12. The zero-order chi connectivity index (χ0) is 26.5. The topological polar surface area (TPSA) is 86.8 Å². The van der Waals surface area contributed by atoms with Gasteiger partial charge in [0.25, 0.3) is 10.0 Å². The summed E-state index contributed by atoms with van der Waals surface area (Å²) in [5.41, 5.74) is 4.04. The molecular weight excluding hydrogens is 474 g/mol. The van der Waals surface area contributed by atoms with Gasteiger partial charge in [-0.2, -0.15) is 0 Å². The predicted octanol–water partition coefficient (Wildman–Crippen LogP) is 3.97. The molecule has 0 saturated carbocycles. The molecule has 0 bridgehead atoms. The van der Waals surface area contributed by atoms with Gasteiger partial charge in [-0.3, -0.25) is 13.9 Å². The van der Waals surface area contributed by atoms with Crippen molar-refractivity contribution in [1.82, 2.24) is 10.2 Å². The number of likely N-dealkylation sites (N-methyl/N-ethyl adjacent to an activating group) is 1. The van der Waals surface area contributed by atoms with Crippen LogP contribution < -0.4 is 9.62 Å². The van der Waals surface area contributed by atoms with Gasteiger partial charge in [0, 0.05) is 13.6 Å². The Kier molecular flexibility index (Phi) is 8.53. The summed E-state index contributed by atoms with van der Waals surface area (Å²) in [4.78, 5) is 27.8. The summed E-state index contributed by atoms with van der Waals surface area (Å²) < 4.78 is 28.7. The molecule has 3 aromatic carbocycles. The fourth-order valence-electron chi connectivity index (χ4n) is 4.00. The standard InChI is InChI=1S/C28H33N3O4S/c1-20-11-14-24(15-12-20)18-30(23(4)28(33)29-5)27(32)19-31(26-16-13-21(2)17-22(26)3)36(34,35)25-9-7-6-8-10-25/h6-17,23H,18-19H2,1-5H3,(H,29,33).